The Labute approximate surface area is 211 Å². The second-order valence-corrected chi connectivity index (χ2v) is 10.3. The van der Waals surface area contributed by atoms with E-state index in [4.69, 9.17) is 4.74 Å². The number of halogens is 4. The quantitative estimate of drug-likeness (QED) is 0.452. The van der Waals surface area contributed by atoms with Gasteiger partial charge < -0.3 is 10.1 Å². The van der Waals surface area contributed by atoms with Crippen LogP contribution in [0.15, 0.2) is 65.7 Å². The number of benzene rings is 2. The topological polar surface area (TPSA) is 88.6 Å². The fourth-order valence-corrected chi connectivity index (χ4v) is 5.77. The number of ether oxygens (including phenoxy) is 1. The van der Waals surface area contributed by atoms with Crippen LogP contribution in [0.2, 0.25) is 0 Å². The second kappa shape index (κ2) is 10.5. The van der Waals surface area contributed by atoms with Crippen molar-refractivity contribution in [3.63, 3.8) is 0 Å². The van der Waals surface area contributed by atoms with Crippen molar-refractivity contribution >= 4 is 15.9 Å². The van der Waals surface area contributed by atoms with Crippen LogP contribution in [0.1, 0.15) is 24.1 Å². The molecule has 0 unspecified atom stereocenters. The largest absolute Gasteiger partial charge is 0.497 e. The molecular formula is C25H23F4N3O4S. The van der Waals surface area contributed by atoms with E-state index < -0.39 is 39.7 Å². The molecule has 1 atom stereocenters. The van der Waals surface area contributed by atoms with Crippen molar-refractivity contribution < 1.29 is 35.5 Å². The van der Waals surface area contributed by atoms with E-state index in [1.807, 2.05) is 0 Å². The number of alkyl halides is 3. The van der Waals surface area contributed by atoms with Crippen LogP contribution in [0, 0.1) is 5.82 Å². The molecule has 1 aliphatic rings. The first kappa shape index (κ1) is 26.6. The molecule has 3 aromatic rings. The molecule has 0 aliphatic carbocycles. The highest BCUT2D eigenvalue weighted by atomic mass is 32.2. The number of hydrogen-bond acceptors (Lipinski definition) is 5. The zero-order valence-corrected chi connectivity index (χ0v) is 20.4. The Morgan fingerprint density at radius 2 is 1.84 bits per heavy atom. The summed E-state index contributed by atoms with van der Waals surface area (Å²) in [5.74, 6) is -0.647. The van der Waals surface area contributed by atoms with E-state index in [-0.39, 0.29) is 18.0 Å². The average molecular weight is 538 g/mol. The normalized spacial score (nSPS) is 16.5. The fourth-order valence-electron chi connectivity index (χ4n) is 4.12. The van der Waals surface area contributed by atoms with Crippen molar-refractivity contribution in [3.05, 3.63) is 77.9 Å². The van der Waals surface area contributed by atoms with E-state index in [0.717, 1.165) is 40.8 Å². The molecule has 1 fully saturated rings. The number of carbonyl (C=O) groups is 1. The summed E-state index contributed by atoms with van der Waals surface area (Å²) >= 11 is 0. The Morgan fingerprint density at radius 3 is 2.46 bits per heavy atom. The number of hydrogen-bond donors (Lipinski definition) is 1. The van der Waals surface area contributed by atoms with Gasteiger partial charge in [0.25, 0.3) is 0 Å². The molecule has 0 bridgehead atoms. The molecule has 4 rings (SSSR count). The summed E-state index contributed by atoms with van der Waals surface area (Å²) in [7, 11) is -2.57. The lowest BCUT2D eigenvalue weighted by Crippen LogP contribution is -2.45. The second-order valence-electron chi connectivity index (χ2n) is 8.45. The third kappa shape index (κ3) is 5.91. The molecule has 2 aromatic carbocycles. The van der Waals surface area contributed by atoms with Crippen LogP contribution in [0.5, 0.6) is 5.75 Å². The van der Waals surface area contributed by atoms with Gasteiger partial charge in [0.1, 0.15) is 23.3 Å². The summed E-state index contributed by atoms with van der Waals surface area (Å²) in [6.45, 7) is 0.181. The van der Waals surface area contributed by atoms with Crippen molar-refractivity contribution in [2.45, 2.75) is 36.5 Å². The third-order valence-electron chi connectivity index (χ3n) is 5.98. The van der Waals surface area contributed by atoms with E-state index in [0.29, 0.717) is 35.3 Å². The van der Waals surface area contributed by atoms with Gasteiger partial charge in [0.05, 0.1) is 12.0 Å². The van der Waals surface area contributed by atoms with Gasteiger partial charge in [-0.1, -0.05) is 6.07 Å². The number of rotatable bonds is 7. The smallest absolute Gasteiger partial charge is 0.433 e. The van der Waals surface area contributed by atoms with Gasteiger partial charge >= 0.3 is 6.18 Å². The minimum atomic E-state index is -4.55. The maximum absolute atomic E-state index is 13.2. The van der Waals surface area contributed by atoms with Gasteiger partial charge in [0.15, 0.2) is 0 Å². The zero-order chi connectivity index (χ0) is 26.8. The van der Waals surface area contributed by atoms with Crippen LogP contribution in [0.3, 0.4) is 0 Å². The van der Waals surface area contributed by atoms with Gasteiger partial charge in [-0.2, -0.15) is 17.5 Å². The molecule has 1 aromatic heterocycles. The minimum absolute atomic E-state index is 0.0258. The lowest BCUT2D eigenvalue weighted by Gasteiger charge is -2.23. The van der Waals surface area contributed by atoms with Crippen molar-refractivity contribution in [1.82, 2.24) is 14.6 Å². The molecule has 0 saturated carbocycles. The van der Waals surface area contributed by atoms with Crippen LogP contribution < -0.4 is 10.1 Å². The van der Waals surface area contributed by atoms with Crippen LogP contribution in [-0.4, -0.2) is 43.3 Å². The average Bonchev–Trinajstić information content (AvgIpc) is 3.38. The maximum atomic E-state index is 13.2. The first-order chi connectivity index (χ1) is 17.5. The number of pyridine rings is 1. The van der Waals surface area contributed by atoms with Gasteiger partial charge in [-0.3, -0.25) is 9.78 Å². The molecule has 37 heavy (non-hydrogen) atoms. The lowest BCUT2D eigenvalue weighted by atomic mass is 10.0. The molecule has 196 valence electrons. The summed E-state index contributed by atoms with van der Waals surface area (Å²) in [5, 5.41) is 2.74. The molecule has 12 heteroatoms. The zero-order valence-electron chi connectivity index (χ0n) is 19.6. The Balaban J connectivity index is 1.50. The van der Waals surface area contributed by atoms with Gasteiger partial charge in [-0.15, -0.1) is 0 Å². The lowest BCUT2D eigenvalue weighted by molar-refractivity contribution is -0.141. The van der Waals surface area contributed by atoms with Crippen LogP contribution in [0.25, 0.3) is 11.1 Å². The summed E-state index contributed by atoms with van der Waals surface area (Å²) in [4.78, 5) is 16.4. The summed E-state index contributed by atoms with van der Waals surface area (Å²) in [5.41, 5.74) is 0.537. The first-order valence-electron chi connectivity index (χ1n) is 11.3. The van der Waals surface area contributed by atoms with Crippen LogP contribution >= 0.6 is 0 Å². The highest BCUT2D eigenvalue weighted by Gasteiger charge is 2.39. The van der Waals surface area contributed by atoms with E-state index >= 15 is 0 Å². The number of sulfonamides is 1. The third-order valence-corrected chi connectivity index (χ3v) is 7.90. The first-order valence-corrected chi connectivity index (χ1v) is 12.7. The van der Waals surface area contributed by atoms with E-state index in [1.54, 1.807) is 18.2 Å². The van der Waals surface area contributed by atoms with E-state index in [2.05, 4.69) is 10.3 Å². The number of nitrogens with zero attached hydrogens (tertiary/aromatic N) is 2. The number of aromatic nitrogens is 1. The fraction of sp³-hybridized carbons (Fsp3) is 0.280. The van der Waals surface area contributed by atoms with Crippen molar-refractivity contribution in [2.24, 2.45) is 0 Å². The number of carbonyl (C=O) groups excluding carboxylic acids is 1. The maximum Gasteiger partial charge on any atom is 0.433 e. The van der Waals surface area contributed by atoms with Gasteiger partial charge in [-0.25, -0.2) is 12.8 Å². The number of nitrogens with one attached hydrogen (secondary N) is 1. The monoisotopic (exact) mass is 537 g/mol. The molecule has 1 saturated heterocycles. The Hall–Kier alpha value is -3.51. The minimum Gasteiger partial charge on any atom is -0.497 e. The Kier molecular flexibility index (Phi) is 7.51. The highest BCUT2D eigenvalue weighted by Crippen LogP contribution is 2.31. The molecule has 1 aliphatic heterocycles. The van der Waals surface area contributed by atoms with Crippen molar-refractivity contribution in [1.29, 1.82) is 0 Å². The van der Waals surface area contributed by atoms with E-state index in [9.17, 15) is 30.8 Å². The van der Waals surface area contributed by atoms with E-state index in [1.165, 1.54) is 13.2 Å². The Morgan fingerprint density at radius 1 is 1.11 bits per heavy atom. The van der Waals surface area contributed by atoms with Gasteiger partial charge in [0, 0.05) is 24.8 Å². The Bertz CT molecular complexity index is 1380. The molecule has 0 spiro atoms. The van der Waals surface area contributed by atoms with Crippen molar-refractivity contribution in [2.75, 3.05) is 13.7 Å². The highest BCUT2D eigenvalue weighted by molar-refractivity contribution is 7.89. The molecule has 1 amide bonds. The number of methoxy groups -OCH3 is 1. The number of amides is 1. The molecule has 0 radical (unpaired) electrons. The predicted octanol–water partition coefficient (Wildman–Crippen LogP) is 4.38. The molecule has 2 heterocycles. The molecular weight excluding hydrogens is 514 g/mol. The summed E-state index contributed by atoms with van der Waals surface area (Å²) in [6.07, 6.45) is -2.63. The van der Waals surface area contributed by atoms with Crippen LogP contribution in [0.4, 0.5) is 17.6 Å². The van der Waals surface area contributed by atoms with Gasteiger partial charge in [-0.05, 0) is 72.5 Å². The summed E-state index contributed by atoms with van der Waals surface area (Å²) < 4.78 is 84.3. The SMILES string of the molecule is COc1cc(CNC(=O)[C@@H]2CCCN2S(=O)(=O)c2ccc(F)cc2)cc(-c2ccc(C(F)(F)F)nc2)c1. The predicted molar refractivity (Wildman–Crippen MR) is 126 cm³/mol. The van der Waals surface area contributed by atoms with Gasteiger partial charge in [0.2, 0.25) is 15.9 Å². The molecule has 1 N–H and O–H groups in total. The van der Waals surface area contributed by atoms with Crippen LogP contribution in [-0.2, 0) is 27.5 Å². The van der Waals surface area contributed by atoms with Crippen molar-refractivity contribution in [3.8, 4) is 16.9 Å². The summed E-state index contributed by atoms with van der Waals surface area (Å²) in [6, 6.07) is 10.6. The molecule has 7 nitrogen and oxygen atoms in total. The standard InChI is InChI=1S/C25H23F4N3O4S/c1-36-20-12-16(11-18(13-20)17-4-9-23(30-15-17)25(27,28)29)14-31-24(33)22-3-2-10-32(22)37(34,35)21-7-5-19(26)6-8-21/h4-9,11-13,15,22H,2-3,10,14H2,1H3,(H,31,33)/t22-/m0/s1.